The minimum Gasteiger partial charge on any atom is -0.235 e. The molecule has 0 atom stereocenters. The lowest BCUT2D eigenvalue weighted by atomic mass is 10.1. The summed E-state index contributed by atoms with van der Waals surface area (Å²) in [5.41, 5.74) is 3.38. The lowest BCUT2D eigenvalue weighted by Gasteiger charge is -2.03. The number of pyridine rings is 1. The molecule has 0 fully saturated rings. The summed E-state index contributed by atoms with van der Waals surface area (Å²) in [4.78, 5) is 8.99. The summed E-state index contributed by atoms with van der Waals surface area (Å²) < 4.78 is 0.941. The maximum Gasteiger partial charge on any atom is 0.137 e. The molecule has 0 aliphatic carbocycles. The number of nitriles is 1. The minimum absolute atomic E-state index is 0.328. The molecule has 8 heteroatoms. The van der Waals surface area contributed by atoms with Crippen LogP contribution in [0.25, 0.3) is 33.8 Å². The molecule has 0 aliphatic rings. The number of fused-ring (bicyclic) bond motifs is 1. The van der Waals surface area contributed by atoms with Crippen molar-refractivity contribution in [3.05, 3.63) is 78.1 Å². The average molecular weight is 522 g/mol. The van der Waals surface area contributed by atoms with Gasteiger partial charge < -0.3 is 0 Å². The van der Waals surface area contributed by atoms with Crippen molar-refractivity contribution in [1.82, 2.24) is 9.97 Å². The topological polar surface area (TPSA) is 49.6 Å². The number of allylic oxidation sites excluding steroid dienone is 1. The highest BCUT2D eigenvalue weighted by atomic mass is 79.9. The van der Waals surface area contributed by atoms with E-state index in [1.165, 1.54) is 11.3 Å². The van der Waals surface area contributed by atoms with Crippen LogP contribution in [0.2, 0.25) is 15.2 Å². The Labute approximate surface area is 194 Å². The molecule has 0 amide bonds. The third-order valence-corrected chi connectivity index (χ3v) is 6.54. The third kappa shape index (κ3) is 4.32. The van der Waals surface area contributed by atoms with Crippen molar-refractivity contribution in [2.45, 2.75) is 0 Å². The number of thiazole rings is 1. The summed E-state index contributed by atoms with van der Waals surface area (Å²) in [6.07, 6.45) is 1.70. The van der Waals surface area contributed by atoms with Crippen LogP contribution in [-0.2, 0) is 0 Å². The molecule has 0 unspecified atom stereocenters. The molecule has 2 aromatic carbocycles. The summed E-state index contributed by atoms with van der Waals surface area (Å²) >= 11 is 23.2. The van der Waals surface area contributed by atoms with Gasteiger partial charge in [0.25, 0.3) is 0 Å². The van der Waals surface area contributed by atoms with E-state index in [1.54, 1.807) is 18.2 Å². The molecule has 0 N–H and O–H groups in total. The first kappa shape index (κ1) is 20.3. The number of rotatable bonds is 3. The first-order valence-corrected chi connectivity index (χ1v) is 11.0. The molecule has 3 nitrogen and oxygen atoms in total. The van der Waals surface area contributed by atoms with Gasteiger partial charge in [0.2, 0.25) is 0 Å². The van der Waals surface area contributed by atoms with Gasteiger partial charge >= 0.3 is 0 Å². The number of benzene rings is 2. The van der Waals surface area contributed by atoms with Crippen molar-refractivity contribution in [2.75, 3.05) is 0 Å². The standard InChI is InChI=1S/C21H9BrCl3N3S/c22-15-2-4-18-12(7-15)5-13(20(25)27-18)6-14(9-26)21-28-19(10-29-21)11-1-3-16(23)17(24)8-11/h1-8,10H/b14-6+. The molecular formula is C21H9BrCl3N3S. The van der Waals surface area contributed by atoms with E-state index in [0.717, 1.165) is 26.6 Å². The maximum absolute atomic E-state index is 9.69. The zero-order chi connectivity index (χ0) is 20.5. The van der Waals surface area contributed by atoms with E-state index in [4.69, 9.17) is 34.8 Å². The Morgan fingerprint density at radius 1 is 1.03 bits per heavy atom. The number of halogens is 4. The van der Waals surface area contributed by atoms with Crippen molar-refractivity contribution in [1.29, 1.82) is 5.26 Å². The van der Waals surface area contributed by atoms with E-state index in [-0.39, 0.29) is 0 Å². The zero-order valence-electron chi connectivity index (χ0n) is 14.5. The first-order valence-electron chi connectivity index (χ1n) is 8.23. The molecule has 0 saturated heterocycles. The molecule has 0 aliphatic heterocycles. The molecule has 0 spiro atoms. The number of hydrogen-bond acceptors (Lipinski definition) is 4. The van der Waals surface area contributed by atoms with Crippen LogP contribution in [0.3, 0.4) is 0 Å². The van der Waals surface area contributed by atoms with Crippen LogP contribution in [0.1, 0.15) is 10.6 Å². The highest BCUT2D eigenvalue weighted by Crippen LogP contribution is 2.32. The number of hydrogen-bond donors (Lipinski definition) is 0. The second kappa shape index (κ2) is 8.43. The molecule has 0 radical (unpaired) electrons. The maximum atomic E-state index is 9.69. The normalized spacial score (nSPS) is 11.6. The Kier molecular flexibility index (Phi) is 5.91. The second-order valence-electron chi connectivity index (χ2n) is 6.04. The Morgan fingerprint density at radius 2 is 1.86 bits per heavy atom. The lowest BCUT2D eigenvalue weighted by molar-refractivity contribution is 1.36. The summed E-state index contributed by atoms with van der Waals surface area (Å²) in [5.74, 6) is 0. The number of nitrogens with zero attached hydrogens (tertiary/aromatic N) is 3. The molecule has 0 bridgehead atoms. The first-order chi connectivity index (χ1) is 13.9. The van der Waals surface area contributed by atoms with Crippen molar-refractivity contribution in [2.24, 2.45) is 0 Å². The summed E-state index contributed by atoms with van der Waals surface area (Å²) in [6.45, 7) is 0. The Morgan fingerprint density at radius 3 is 2.62 bits per heavy atom. The van der Waals surface area contributed by atoms with Gasteiger partial charge in [-0.25, -0.2) is 9.97 Å². The Balaban J connectivity index is 1.74. The zero-order valence-corrected chi connectivity index (χ0v) is 19.1. The molecule has 0 saturated carbocycles. The monoisotopic (exact) mass is 519 g/mol. The fraction of sp³-hybridized carbons (Fsp3) is 0. The summed E-state index contributed by atoms with van der Waals surface area (Å²) in [6, 6.07) is 15.2. The number of aromatic nitrogens is 2. The molecule has 4 aromatic rings. The Bertz CT molecular complexity index is 1320. The van der Waals surface area contributed by atoms with Crippen LogP contribution < -0.4 is 0 Å². The van der Waals surface area contributed by atoms with Crippen LogP contribution in [0.15, 0.2) is 52.3 Å². The van der Waals surface area contributed by atoms with Crippen LogP contribution in [0.5, 0.6) is 0 Å². The molecule has 29 heavy (non-hydrogen) atoms. The van der Waals surface area contributed by atoms with E-state index in [0.29, 0.717) is 31.3 Å². The van der Waals surface area contributed by atoms with Crippen molar-refractivity contribution in [3.8, 4) is 17.3 Å². The Hall–Kier alpha value is -1.94. The van der Waals surface area contributed by atoms with E-state index in [1.807, 2.05) is 35.7 Å². The van der Waals surface area contributed by atoms with Crippen LogP contribution >= 0.6 is 62.1 Å². The second-order valence-corrected chi connectivity index (χ2v) is 8.99. The van der Waals surface area contributed by atoms with Crippen LogP contribution in [0, 0.1) is 11.3 Å². The van der Waals surface area contributed by atoms with Crippen LogP contribution in [0.4, 0.5) is 0 Å². The van der Waals surface area contributed by atoms with Gasteiger partial charge in [-0.3, -0.25) is 0 Å². The van der Waals surface area contributed by atoms with Crippen molar-refractivity contribution in [3.63, 3.8) is 0 Å². The largest absolute Gasteiger partial charge is 0.235 e. The van der Waals surface area contributed by atoms with E-state index in [2.05, 4.69) is 32.0 Å². The van der Waals surface area contributed by atoms with Gasteiger partial charge in [-0.1, -0.05) is 56.8 Å². The van der Waals surface area contributed by atoms with E-state index >= 15 is 0 Å². The predicted molar refractivity (Wildman–Crippen MR) is 126 cm³/mol. The van der Waals surface area contributed by atoms with Gasteiger partial charge in [0.05, 0.1) is 26.8 Å². The molecular weight excluding hydrogens is 513 g/mol. The highest BCUT2D eigenvalue weighted by Gasteiger charge is 2.12. The predicted octanol–water partition coefficient (Wildman–Crippen LogP) is 8.15. The van der Waals surface area contributed by atoms with Crippen molar-refractivity contribution >= 4 is 84.6 Å². The average Bonchev–Trinajstić information content (AvgIpc) is 3.18. The lowest BCUT2D eigenvalue weighted by Crippen LogP contribution is -1.87. The van der Waals surface area contributed by atoms with E-state index < -0.39 is 0 Å². The minimum atomic E-state index is 0.328. The van der Waals surface area contributed by atoms with Crippen LogP contribution in [-0.4, -0.2) is 9.97 Å². The summed E-state index contributed by atoms with van der Waals surface area (Å²) in [7, 11) is 0. The molecule has 4 rings (SSSR count). The SMILES string of the molecule is N#C/C(=C\c1cc2cc(Br)ccc2nc1Cl)c1nc(-c2ccc(Cl)c(Cl)c2)cs1. The van der Waals surface area contributed by atoms with Gasteiger partial charge in [0.15, 0.2) is 0 Å². The van der Waals surface area contributed by atoms with Gasteiger partial charge in [-0.15, -0.1) is 11.3 Å². The quantitative estimate of drug-likeness (QED) is 0.202. The van der Waals surface area contributed by atoms with Gasteiger partial charge in [-0.05, 0) is 42.5 Å². The smallest absolute Gasteiger partial charge is 0.137 e. The summed E-state index contributed by atoms with van der Waals surface area (Å²) in [5, 5.41) is 14.3. The third-order valence-electron chi connectivity index (χ3n) is 4.13. The fourth-order valence-electron chi connectivity index (χ4n) is 2.72. The van der Waals surface area contributed by atoms with Gasteiger partial charge in [0.1, 0.15) is 16.2 Å². The van der Waals surface area contributed by atoms with E-state index in [9.17, 15) is 5.26 Å². The fourth-order valence-corrected chi connectivity index (χ4v) is 4.40. The molecule has 2 heterocycles. The molecule has 2 aromatic heterocycles. The van der Waals surface area contributed by atoms with Gasteiger partial charge in [-0.2, -0.15) is 5.26 Å². The van der Waals surface area contributed by atoms with Gasteiger partial charge in [0, 0.05) is 26.4 Å². The molecule has 142 valence electrons. The highest BCUT2D eigenvalue weighted by molar-refractivity contribution is 9.10. The van der Waals surface area contributed by atoms with Crippen molar-refractivity contribution < 1.29 is 0 Å².